The summed E-state index contributed by atoms with van der Waals surface area (Å²) in [6.45, 7) is 1.84. The number of methoxy groups -OCH3 is 1. The van der Waals surface area contributed by atoms with Crippen LogP contribution in [0.3, 0.4) is 0 Å². The van der Waals surface area contributed by atoms with E-state index in [1.807, 2.05) is 36.4 Å². The van der Waals surface area contributed by atoms with Gasteiger partial charge in [-0.05, 0) is 31.2 Å². The van der Waals surface area contributed by atoms with Crippen LogP contribution in [0.5, 0.6) is 5.75 Å². The first-order valence-corrected chi connectivity index (χ1v) is 7.06. The molecule has 0 aliphatic rings. The Hall–Kier alpha value is -2.53. The molecular weight excluding hydrogens is 280 g/mol. The highest BCUT2D eigenvalue weighted by molar-refractivity contribution is 6.00. The predicted octanol–water partition coefficient (Wildman–Crippen LogP) is 2.55. The molecule has 22 heavy (non-hydrogen) atoms. The first-order chi connectivity index (χ1) is 10.6. The average Bonchev–Trinajstić information content (AvgIpc) is 2.53. The average molecular weight is 300 g/mol. The van der Waals surface area contributed by atoms with Crippen LogP contribution in [0, 0.1) is 0 Å². The smallest absolute Gasteiger partial charge is 0.253 e. The number of amides is 1. The van der Waals surface area contributed by atoms with Gasteiger partial charge >= 0.3 is 0 Å². The van der Waals surface area contributed by atoms with Gasteiger partial charge in [0.2, 0.25) is 0 Å². The molecule has 116 valence electrons. The second-order valence-electron chi connectivity index (χ2n) is 4.96. The van der Waals surface area contributed by atoms with Crippen molar-refractivity contribution < 1.29 is 14.6 Å². The van der Waals surface area contributed by atoms with Crippen molar-refractivity contribution in [3.8, 4) is 5.75 Å². The Morgan fingerprint density at radius 3 is 2.73 bits per heavy atom. The van der Waals surface area contributed by atoms with Gasteiger partial charge in [-0.15, -0.1) is 0 Å². The molecular formula is C17H20N2O3. The van der Waals surface area contributed by atoms with E-state index in [0.29, 0.717) is 11.3 Å². The predicted molar refractivity (Wildman–Crippen MR) is 86.7 cm³/mol. The van der Waals surface area contributed by atoms with Crippen molar-refractivity contribution in [1.82, 2.24) is 5.32 Å². The topological polar surface area (TPSA) is 70.6 Å². The zero-order valence-electron chi connectivity index (χ0n) is 12.7. The van der Waals surface area contributed by atoms with Crippen molar-refractivity contribution >= 4 is 17.3 Å². The van der Waals surface area contributed by atoms with Gasteiger partial charge in [-0.25, -0.2) is 0 Å². The Labute approximate surface area is 129 Å². The highest BCUT2D eigenvalue weighted by Gasteiger charge is 2.11. The lowest BCUT2D eigenvalue weighted by atomic mass is 10.1. The standard InChI is InChI=1S/C17H20N2O3/c1-12(20)11-18-17(21)15-8-3-4-9-16(15)19-13-6-5-7-14(10-13)22-2/h3-10,12,19-20H,11H2,1-2H3,(H,18,21). The van der Waals surface area contributed by atoms with Crippen LogP contribution in [0.25, 0.3) is 0 Å². The van der Waals surface area contributed by atoms with Gasteiger partial charge in [-0.3, -0.25) is 4.79 Å². The third-order valence-electron chi connectivity index (χ3n) is 3.08. The highest BCUT2D eigenvalue weighted by atomic mass is 16.5. The van der Waals surface area contributed by atoms with Crippen LogP contribution in [0.4, 0.5) is 11.4 Å². The second kappa shape index (κ2) is 7.47. The molecule has 0 spiro atoms. The molecule has 0 radical (unpaired) electrons. The van der Waals surface area contributed by atoms with Gasteiger partial charge in [0.15, 0.2) is 0 Å². The fourth-order valence-electron chi connectivity index (χ4n) is 1.98. The zero-order chi connectivity index (χ0) is 15.9. The van der Waals surface area contributed by atoms with E-state index in [2.05, 4.69) is 10.6 Å². The van der Waals surface area contributed by atoms with Crippen LogP contribution in [0.15, 0.2) is 48.5 Å². The number of hydrogen-bond donors (Lipinski definition) is 3. The molecule has 0 aromatic heterocycles. The van der Waals surface area contributed by atoms with Gasteiger partial charge in [0.1, 0.15) is 5.75 Å². The Morgan fingerprint density at radius 2 is 2.00 bits per heavy atom. The normalized spacial score (nSPS) is 11.6. The Bertz CT molecular complexity index is 641. The monoisotopic (exact) mass is 300 g/mol. The molecule has 3 N–H and O–H groups in total. The molecule has 0 aliphatic heterocycles. The van der Waals surface area contributed by atoms with Crippen molar-refractivity contribution in [2.45, 2.75) is 13.0 Å². The van der Waals surface area contributed by atoms with Crippen molar-refractivity contribution in [3.05, 3.63) is 54.1 Å². The highest BCUT2D eigenvalue weighted by Crippen LogP contribution is 2.23. The molecule has 5 heteroatoms. The molecule has 5 nitrogen and oxygen atoms in total. The molecule has 0 aliphatic carbocycles. The van der Waals surface area contributed by atoms with Gasteiger partial charge in [-0.2, -0.15) is 0 Å². The van der Waals surface area contributed by atoms with Gasteiger partial charge in [0.05, 0.1) is 24.5 Å². The van der Waals surface area contributed by atoms with Crippen LogP contribution in [0.1, 0.15) is 17.3 Å². The molecule has 1 atom stereocenters. The van der Waals surface area contributed by atoms with E-state index in [4.69, 9.17) is 4.74 Å². The number of anilines is 2. The largest absolute Gasteiger partial charge is 0.497 e. The van der Waals surface area contributed by atoms with Crippen molar-refractivity contribution in [2.24, 2.45) is 0 Å². The van der Waals surface area contributed by atoms with E-state index in [9.17, 15) is 9.90 Å². The minimum absolute atomic E-state index is 0.215. The quantitative estimate of drug-likeness (QED) is 0.767. The van der Waals surface area contributed by atoms with Gasteiger partial charge in [0.25, 0.3) is 5.91 Å². The SMILES string of the molecule is COc1cccc(Nc2ccccc2C(=O)NCC(C)O)c1. The van der Waals surface area contributed by atoms with E-state index in [-0.39, 0.29) is 12.5 Å². The molecule has 1 amide bonds. The zero-order valence-corrected chi connectivity index (χ0v) is 12.7. The van der Waals surface area contributed by atoms with E-state index >= 15 is 0 Å². The van der Waals surface area contributed by atoms with E-state index in [0.717, 1.165) is 11.4 Å². The van der Waals surface area contributed by atoms with Crippen LogP contribution in [0.2, 0.25) is 0 Å². The number of benzene rings is 2. The maximum Gasteiger partial charge on any atom is 0.253 e. The third-order valence-corrected chi connectivity index (χ3v) is 3.08. The minimum atomic E-state index is -0.581. The number of carbonyl (C=O) groups excluding carboxylic acids is 1. The maximum atomic E-state index is 12.2. The van der Waals surface area contributed by atoms with Crippen molar-refractivity contribution in [2.75, 3.05) is 19.0 Å². The Morgan fingerprint density at radius 1 is 1.23 bits per heavy atom. The number of carbonyl (C=O) groups is 1. The summed E-state index contributed by atoms with van der Waals surface area (Å²) in [5, 5.41) is 15.2. The summed E-state index contributed by atoms with van der Waals surface area (Å²) in [6, 6.07) is 14.7. The lowest BCUT2D eigenvalue weighted by molar-refractivity contribution is 0.0925. The van der Waals surface area contributed by atoms with E-state index in [1.54, 1.807) is 26.2 Å². The Balaban J connectivity index is 2.18. The molecule has 1 unspecified atom stereocenters. The molecule has 0 heterocycles. The summed E-state index contributed by atoms with van der Waals surface area (Å²) >= 11 is 0. The number of nitrogens with one attached hydrogen (secondary N) is 2. The fourth-order valence-corrected chi connectivity index (χ4v) is 1.98. The van der Waals surface area contributed by atoms with Gasteiger partial charge in [0, 0.05) is 18.3 Å². The first kappa shape index (κ1) is 15.9. The summed E-state index contributed by atoms with van der Waals surface area (Å²) in [7, 11) is 1.61. The van der Waals surface area contributed by atoms with Gasteiger partial charge in [-0.1, -0.05) is 18.2 Å². The number of aliphatic hydroxyl groups is 1. The van der Waals surface area contributed by atoms with Crippen molar-refractivity contribution in [3.63, 3.8) is 0 Å². The van der Waals surface area contributed by atoms with Gasteiger partial charge < -0.3 is 20.5 Å². The maximum absolute atomic E-state index is 12.2. The lowest BCUT2D eigenvalue weighted by Gasteiger charge is -2.13. The third kappa shape index (κ3) is 4.23. The number of hydrogen-bond acceptors (Lipinski definition) is 4. The van der Waals surface area contributed by atoms with Crippen LogP contribution < -0.4 is 15.4 Å². The molecule has 2 aromatic rings. The molecule has 2 rings (SSSR count). The van der Waals surface area contributed by atoms with Crippen molar-refractivity contribution in [1.29, 1.82) is 0 Å². The summed E-state index contributed by atoms with van der Waals surface area (Å²) in [5.41, 5.74) is 2.04. The number of aliphatic hydroxyl groups excluding tert-OH is 1. The van der Waals surface area contributed by atoms with E-state index < -0.39 is 6.10 Å². The van der Waals surface area contributed by atoms with Crippen LogP contribution in [-0.4, -0.2) is 30.8 Å². The lowest BCUT2D eigenvalue weighted by Crippen LogP contribution is -2.30. The molecule has 2 aromatic carbocycles. The van der Waals surface area contributed by atoms with Crippen LogP contribution in [-0.2, 0) is 0 Å². The summed E-state index contributed by atoms with van der Waals surface area (Å²) in [6.07, 6.45) is -0.581. The summed E-state index contributed by atoms with van der Waals surface area (Å²) in [5.74, 6) is 0.507. The van der Waals surface area contributed by atoms with E-state index in [1.165, 1.54) is 0 Å². The fraction of sp³-hybridized carbons (Fsp3) is 0.235. The number of rotatable bonds is 6. The molecule has 0 saturated heterocycles. The molecule has 0 bridgehead atoms. The number of ether oxygens (including phenoxy) is 1. The molecule has 0 saturated carbocycles. The minimum Gasteiger partial charge on any atom is -0.497 e. The second-order valence-corrected chi connectivity index (χ2v) is 4.96. The number of para-hydroxylation sites is 1. The first-order valence-electron chi connectivity index (χ1n) is 7.06. The molecule has 0 fully saturated rings. The summed E-state index contributed by atoms with van der Waals surface area (Å²) < 4.78 is 5.19. The Kier molecular flexibility index (Phi) is 5.38. The van der Waals surface area contributed by atoms with Crippen LogP contribution >= 0.6 is 0 Å². The summed E-state index contributed by atoms with van der Waals surface area (Å²) in [4.78, 5) is 12.2.